The number of rotatable bonds is 3. The number of carbonyl (C=O) groups is 1. The van der Waals surface area contributed by atoms with Gasteiger partial charge in [0.1, 0.15) is 0 Å². The molecule has 29 heavy (non-hydrogen) atoms. The number of nitrogens with zero attached hydrogens (tertiary/aromatic N) is 3. The number of amides is 1. The van der Waals surface area contributed by atoms with Gasteiger partial charge in [0.25, 0.3) is 5.91 Å². The second kappa shape index (κ2) is 6.62. The van der Waals surface area contributed by atoms with Crippen LogP contribution in [0, 0.1) is 31.1 Å². The summed E-state index contributed by atoms with van der Waals surface area (Å²) in [5.41, 5.74) is 5.07. The average Bonchev–Trinajstić information content (AvgIpc) is 3.46. The van der Waals surface area contributed by atoms with Gasteiger partial charge in [-0.05, 0) is 73.9 Å². The van der Waals surface area contributed by atoms with Crippen molar-refractivity contribution in [2.45, 2.75) is 44.6 Å². The number of carbonyl (C=O) groups excluding carboxylic acids is 1. The highest BCUT2D eigenvalue weighted by Gasteiger charge is 2.48. The van der Waals surface area contributed by atoms with Crippen LogP contribution in [0.5, 0.6) is 0 Å². The Morgan fingerprint density at radius 1 is 1.07 bits per heavy atom. The van der Waals surface area contributed by atoms with Crippen LogP contribution in [0.25, 0.3) is 0 Å². The summed E-state index contributed by atoms with van der Waals surface area (Å²) in [6.07, 6.45) is 2.87. The second-order valence-corrected chi connectivity index (χ2v) is 9.20. The molecule has 1 amide bonds. The first-order chi connectivity index (χ1) is 14.0. The predicted octanol–water partition coefficient (Wildman–Crippen LogP) is 4.21. The predicted molar refractivity (Wildman–Crippen MR) is 114 cm³/mol. The molecule has 0 aromatic heterocycles. The smallest absolute Gasteiger partial charge is 0.254 e. The first-order valence-electron chi connectivity index (χ1n) is 10.6. The lowest BCUT2D eigenvalue weighted by atomic mass is 9.91. The van der Waals surface area contributed by atoms with Crippen LogP contribution >= 0.6 is 0 Å². The van der Waals surface area contributed by atoms with Gasteiger partial charge in [-0.25, -0.2) is 0 Å². The van der Waals surface area contributed by atoms with Gasteiger partial charge in [-0.2, -0.15) is 5.26 Å². The standard InChI is InChI=1S/C25H27N3O/c1-17-9-18(2)11-20(10-17)28-14-19-12-21(28)15-27(13-19)24(29)22-5-3-4-6-23(22)25(16-26)7-8-25/h3-6,9-11,19,21H,7-8,12-15H2,1-2H3. The number of anilines is 1. The Labute approximate surface area is 172 Å². The summed E-state index contributed by atoms with van der Waals surface area (Å²) in [6.45, 7) is 6.88. The van der Waals surface area contributed by atoms with E-state index in [9.17, 15) is 10.1 Å². The number of hydrogen-bond donors (Lipinski definition) is 0. The Morgan fingerprint density at radius 3 is 2.48 bits per heavy atom. The molecule has 2 aliphatic heterocycles. The van der Waals surface area contributed by atoms with E-state index in [-0.39, 0.29) is 5.91 Å². The van der Waals surface area contributed by atoms with Crippen LogP contribution in [-0.4, -0.2) is 36.5 Å². The fraction of sp³-hybridized carbons (Fsp3) is 0.440. The molecule has 2 aromatic rings. The SMILES string of the molecule is Cc1cc(C)cc(N2CC3CC2CN(C(=O)c2ccccc2C2(C#N)CC2)C3)c1. The highest BCUT2D eigenvalue weighted by Crippen LogP contribution is 2.49. The quantitative estimate of drug-likeness (QED) is 0.795. The molecule has 148 valence electrons. The van der Waals surface area contributed by atoms with Crippen LogP contribution in [-0.2, 0) is 5.41 Å². The molecule has 1 saturated carbocycles. The van der Waals surface area contributed by atoms with E-state index >= 15 is 0 Å². The number of benzene rings is 2. The van der Waals surface area contributed by atoms with Gasteiger partial charge in [0.2, 0.25) is 0 Å². The molecule has 3 fully saturated rings. The summed E-state index contributed by atoms with van der Waals surface area (Å²) in [4.78, 5) is 18.0. The molecule has 2 saturated heterocycles. The van der Waals surface area contributed by atoms with Crippen LogP contribution in [0.4, 0.5) is 5.69 Å². The lowest BCUT2D eigenvalue weighted by molar-refractivity contribution is 0.0692. The van der Waals surface area contributed by atoms with Crippen molar-refractivity contribution < 1.29 is 4.79 Å². The van der Waals surface area contributed by atoms with E-state index in [4.69, 9.17) is 0 Å². The zero-order valence-corrected chi connectivity index (χ0v) is 17.2. The molecule has 2 unspecified atom stereocenters. The largest absolute Gasteiger partial charge is 0.366 e. The molecule has 1 aliphatic carbocycles. The summed E-state index contributed by atoms with van der Waals surface area (Å²) >= 11 is 0. The summed E-state index contributed by atoms with van der Waals surface area (Å²) in [6, 6.07) is 17.3. The maximum Gasteiger partial charge on any atom is 0.254 e. The van der Waals surface area contributed by atoms with Crippen LogP contribution < -0.4 is 4.90 Å². The van der Waals surface area contributed by atoms with Crippen LogP contribution in [0.1, 0.15) is 46.3 Å². The molecule has 2 heterocycles. The van der Waals surface area contributed by atoms with Crippen molar-refractivity contribution in [2.24, 2.45) is 5.92 Å². The van der Waals surface area contributed by atoms with Crippen molar-refractivity contribution >= 4 is 11.6 Å². The Kier molecular flexibility index (Phi) is 4.17. The van der Waals surface area contributed by atoms with E-state index in [1.807, 2.05) is 29.2 Å². The summed E-state index contributed by atoms with van der Waals surface area (Å²) in [7, 11) is 0. The number of fused-ring (bicyclic) bond motifs is 2. The molecule has 4 nitrogen and oxygen atoms in total. The first-order valence-corrected chi connectivity index (χ1v) is 10.6. The summed E-state index contributed by atoms with van der Waals surface area (Å²) in [5.74, 6) is 0.607. The maximum atomic E-state index is 13.5. The Hall–Kier alpha value is -2.80. The van der Waals surface area contributed by atoms with Crippen LogP contribution in [0.15, 0.2) is 42.5 Å². The van der Waals surface area contributed by atoms with Crippen molar-refractivity contribution in [3.8, 4) is 6.07 Å². The van der Waals surface area contributed by atoms with Gasteiger partial charge in [0, 0.05) is 36.9 Å². The molecule has 2 atom stereocenters. The van der Waals surface area contributed by atoms with Crippen molar-refractivity contribution in [3.63, 3.8) is 0 Å². The van der Waals surface area contributed by atoms with Gasteiger partial charge in [-0.3, -0.25) is 4.79 Å². The third-order valence-corrected chi connectivity index (χ3v) is 6.87. The lowest BCUT2D eigenvalue weighted by Gasteiger charge is -2.34. The minimum absolute atomic E-state index is 0.0964. The zero-order chi connectivity index (χ0) is 20.2. The number of hydrogen-bond acceptors (Lipinski definition) is 3. The second-order valence-electron chi connectivity index (χ2n) is 9.20. The third kappa shape index (κ3) is 3.09. The molecule has 0 radical (unpaired) electrons. The Balaban J connectivity index is 1.40. The molecular weight excluding hydrogens is 358 g/mol. The normalized spacial score (nSPS) is 24.3. The maximum absolute atomic E-state index is 13.5. The van der Waals surface area contributed by atoms with Gasteiger partial charge >= 0.3 is 0 Å². The van der Waals surface area contributed by atoms with Crippen molar-refractivity contribution in [3.05, 3.63) is 64.7 Å². The van der Waals surface area contributed by atoms with E-state index < -0.39 is 5.41 Å². The monoisotopic (exact) mass is 385 g/mol. The molecule has 5 rings (SSSR count). The van der Waals surface area contributed by atoms with Crippen molar-refractivity contribution in [2.75, 3.05) is 24.5 Å². The Bertz CT molecular complexity index is 997. The van der Waals surface area contributed by atoms with Gasteiger partial charge in [-0.1, -0.05) is 24.3 Å². The minimum atomic E-state index is -0.438. The van der Waals surface area contributed by atoms with Gasteiger partial charge < -0.3 is 9.80 Å². The van der Waals surface area contributed by atoms with Crippen molar-refractivity contribution in [1.29, 1.82) is 5.26 Å². The van der Waals surface area contributed by atoms with E-state index in [0.29, 0.717) is 12.0 Å². The van der Waals surface area contributed by atoms with Crippen LogP contribution in [0.3, 0.4) is 0 Å². The summed E-state index contributed by atoms with van der Waals surface area (Å²) in [5, 5.41) is 9.64. The number of aryl methyl sites for hydroxylation is 2. The molecule has 2 bridgehead atoms. The van der Waals surface area contributed by atoms with E-state index in [0.717, 1.165) is 50.0 Å². The van der Waals surface area contributed by atoms with Gasteiger partial charge in [0.15, 0.2) is 0 Å². The van der Waals surface area contributed by atoms with E-state index in [2.05, 4.69) is 43.0 Å². The van der Waals surface area contributed by atoms with Crippen molar-refractivity contribution in [1.82, 2.24) is 4.90 Å². The number of piperidine rings is 1. The van der Waals surface area contributed by atoms with Crippen LogP contribution in [0.2, 0.25) is 0 Å². The fourth-order valence-corrected chi connectivity index (χ4v) is 5.38. The molecule has 2 aromatic carbocycles. The van der Waals surface area contributed by atoms with Gasteiger partial charge in [0.05, 0.1) is 11.5 Å². The number of nitriles is 1. The highest BCUT2D eigenvalue weighted by molar-refractivity contribution is 5.96. The molecular formula is C25H27N3O. The van der Waals surface area contributed by atoms with E-state index in [1.165, 1.54) is 16.8 Å². The zero-order valence-electron chi connectivity index (χ0n) is 17.2. The molecule has 0 spiro atoms. The topological polar surface area (TPSA) is 47.3 Å². The number of likely N-dealkylation sites (tertiary alicyclic amines) is 1. The average molecular weight is 386 g/mol. The molecule has 3 aliphatic rings. The van der Waals surface area contributed by atoms with Gasteiger partial charge in [-0.15, -0.1) is 0 Å². The molecule has 0 N–H and O–H groups in total. The fourth-order valence-electron chi connectivity index (χ4n) is 5.38. The van der Waals surface area contributed by atoms with E-state index in [1.54, 1.807) is 0 Å². The summed E-state index contributed by atoms with van der Waals surface area (Å²) < 4.78 is 0. The first kappa shape index (κ1) is 18.2. The Morgan fingerprint density at radius 2 is 1.79 bits per heavy atom. The highest BCUT2D eigenvalue weighted by atomic mass is 16.2. The molecule has 4 heteroatoms. The minimum Gasteiger partial charge on any atom is -0.366 e. The lowest BCUT2D eigenvalue weighted by Crippen LogP contribution is -2.45. The third-order valence-electron chi connectivity index (χ3n) is 6.87.